The molecule has 0 saturated carbocycles. The van der Waals surface area contributed by atoms with Crippen LogP contribution in [-0.4, -0.2) is 61.0 Å². The monoisotopic (exact) mass is 392 g/mol. The highest BCUT2D eigenvalue weighted by Crippen LogP contribution is 2.29. The average Bonchev–Trinajstić information content (AvgIpc) is 2.70. The third kappa shape index (κ3) is 10.0. The molecule has 0 aliphatic carbocycles. The zero-order valence-corrected chi connectivity index (χ0v) is 16.8. The molecule has 1 aliphatic heterocycles. The van der Waals surface area contributed by atoms with Gasteiger partial charge in [0.25, 0.3) is 0 Å². The molecule has 0 aromatic heterocycles. The highest BCUT2D eigenvalue weighted by atomic mass is 16.5. The molecule has 1 fully saturated rings. The maximum atomic E-state index is 8.83. The number of hydrogen-bond donors (Lipinski definition) is 3. The molecule has 1 aliphatic rings. The van der Waals surface area contributed by atoms with Gasteiger partial charge in [-0.25, -0.2) is 0 Å². The molecule has 1 unspecified atom stereocenters. The van der Waals surface area contributed by atoms with E-state index in [9.17, 15) is 0 Å². The molecule has 4 N–H and O–H groups in total. The van der Waals surface area contributed by atoms with Crippen molar-refractivity contribution >= 4 is 13.3 Å². The molecule has 2 rings (SSSR count). The van der Waals surface area contributed by atoms with Gasteiger partial charge in [0.2, 0.25) is 0 Å². The van der Waals surface area contributed by atoms with Gasteiger partial charge < -0.3 is 25.4 Å². The minimum Gasteiger partial charge on any atom is -0.497 e. The highest BCUT2D eigenvalue weighted by molar-refractivity contribution is 6.40. The summed E-state index contributed by atoms with van der Waals surface area (Å²) in [4.78, 5) is 18.8. The van der Waals surface area contributed by atoms with E-state index in [0.717, 1.165) is 51.1 Å². The normalized spacial score (nSPS) is 15.9. The summed E-state index contributed by atoms with van der Waals surface area (Å²) < 4.78 is 5.23. The lowest BCUT2D eigenvalue weighted by Gasteiger charge is -2.32. The fourth-order valence-corrected chi connectivity index (χ4v) is 3.59. The Kier molecular flexibility index (Phi) is 12.5. The Balaban J connectivity index is 0.00000122. The molecule has 1 heterocycles. The summed E-state index contributed by atoms with van der Waals surface area (Å²) in [7, 11) is 0.525. The van der Waals surface area contributed by atoms with Crippen molar-refractivity contribution in [2.24, 2.45) is 5.73 Å². The lowest BCUT2D eigenvalue weighted by Crippen LogP contribution is -2.36. The maximum absolute atomic E-state index is 8.83. The van der Waals surface area contributed by atoms with Gasteiger partial charge in [0, 0.05) is 6.04 Å². The Labute approximate surface area is 168 Å². The second-order valence-electron chi connectivity index (χ2n) is 7.29. The molecule has 0 radical (unpaired) electrons. The summed E-state index contributed by atoms with van der Waals surface area (Å²) in [6.45, 7) is 3.35. The highest BCUT2D eigenvalue weighted by Gasteiger charge is 2.20. The molecule has 1 aromatic carbocycles. The molecule has 0 amide bonds. The minimum absolute atomic E-state index is 0.218. The number of likely N-dealkylation sites (tertiary alicyclic amines) is 1. The third-order valence-electron chi connectivity index (χ3n) is 5.28. The van der Waals surface area contributed by atoms with E-state index in [-0.39, 0.29) is 12.2 Å². The van der Waals surface area contributed by atoms with Crippen LogP contribution in [0.2, 0.25) is 6.32 Å². The Morgan fingerprint density at radius 2 is 1.79 bits per heavy atom. The zero-order chi connectivity index (χ0) is 20.8. The lowest BCUT2D eigenvalue weighted by atomic mass is 9.83. The van der Waals surface area contributed by atoms with Gasteiger partial charge in [-0.05, 0) is 75.3 Å². The zero-order valence-electron chi connectivity index (χ0n) is 16.8. The molecular weight excluding hydrogens is 359 g/mol. The summed E-state index contributed by atoms with van der Waals surface area (Å²) in [5, 5.41) is 17.7. The first-order chi connectivity index (χ1) is 13.5. The van der Waals surface area contributed by atoms with Gasteiger partial charge in [-0.1, -0.05) is 25.0 Å². The van der Waals surface area contributed by atoms with Crippen LogP contribution in [0.4, 0.5) is 0 Å². The minimum atomic E-state index is -1.18. The molecule has 0 bridgehead atoms. The molecule has 1 aromatic rings. The van der Waals surface area contributed by atoms with Gasteiger partial charge in [0.05, 0.1) is 7.11 Å². The van der Waals surface area contributed by atoms with Crippen LogP contribution >= 0.6 is 0 Å². The van der Waals surface area contributed by atoms with E-state index in [0.29, 0.717) is 12.2 Å². The van der Waals surface area contributed by atoms with Gasteiger partial charge >= 0.3 is 13.3 Å². The second kappa shape index (κ2) is 14.3. The number of methoxy groups -OCH3 is 1. The second-order valence-corrected chi connectivity index (χ2v) is 7.29. The van der Waals surface area contributed by atoms with Gasteiger partial charge in [-0.3, -0.25) is 0 Å². The summed E-state index contributed by atoms with van der Waals surface area (Å²) in [5.41, 5.74) is 7.61. The van der Waals surface area contributed by atoms with Crippen LogP contribution in [0.5, 0.6) is 5.75 Å². The van der Waals surface area contributed by atoms with Crippen molar-refractivity contribution in [3.8, 4) is 5.75 Å². The average molecular weight is 392 g/mol. The van der Waals surface area contributed by atoms with Gasteiger partial charge in [0.1, 0.15) is 5.75 Å². The fourth-order valence-electron chi connectivity index (χ4n) is 3.59. The van der Waals surface area contributed by atoms with E-state index in [1.807, 2.05) is 0 Å². The van der Waals surface area contributed by atoms with Crippen LogP contribution in [0.25, 0.3) is 0 Å². The van der Waals surface area contributed by atoms with Crippen LogP contribution in [0.1, 0.15) is 50.0 Å². The Morgan fingerprint density at radius 3 is 2.32 bits per heavy atom. The molecule has 7 nitrogen and oxygen atoms in total. The van der Waals surface area contributed by atoms with Gasteiger partial charge in [0.15, 0.2) is 0 Å². The smallest absolute Gasteiger partial charge is 0.451 e. The molecule has 156 valence electrons. The number of rotatable bonds is 10. The van der Waals surface area contributed by atoms with Crippen molar-refractivity contribution in [2.45, 2.75) is 56.8 Å². The number of nitrogens with two attached hydrogens (primary N) is 1. The van der Waals surface area contributed by atoms with Crippen LogP contribution in [-0.2, 0) is 9.59 Å². The van der Waals surface area contributed by atoms with E-state index in [2.05, 4.69) is 29.2 Å². The lowest BCUT2D eigenvalue weighted by molar-refractivity contribution is -0.191. The molecule has 1 atom stereocenters. The van der Waals surface area contributed by atoms with Crippen molar-refractivity contribution in [2.75, 3.05) is 26.7 Å². The van der Waals surface area contributed by atoms with Gasteiger partial charge in [-0.2, -0.15) is 9.59 Å². The van der Waals surface area contributed by atoms with Gasteiger partial charge in [-0.15, -0.1) is 0 Å². The predicted molar refractivity (Wildman–Crippen MR) is 108 cm³/mol. The standard InChI is InChI=1S/C19H33BN2O3.CO2/c1-25-19-7-5-16(6-8-19)17-9-13-22(14-10-17)15-11-18(21)4-2-3-12-20(23)24;2-1-3/h5-8,17-18,23-24H,2-4,9-15,21H2,1H3;. The number of hydrogen-bond acceptors (Lipinski definition) is 7. The Bertz CT molecular complexity index is 556. The van der Waals surface area contributed by atoms with E-state index < -0.39 is 7.12 Å². The van der Waals surface area contributed by atoms with E-state index in [1.165, 1.54) is 18.4 Å². The third-order valence-corrected chi connectivity index (χ3v) is 5.28. The van der Waals surface area contributed by atoms with Crippen molar-refractivity contribution in [3.63, 3.8) is 0 Å². The van der Waals surface area contributed by atoms with Crippen LogP contribution < -0.4 is 10.5 Å². The number of benzene rings is 1. The molecule has 1 saturated heterocycles. The first-order valence-corrected chi connectivity index (χ1v) is 9.97. The van der Waals surface area contributed by atoms with Crippen LogP contribution in [0.3, 0.4) is 0 Å². The quantitative estimate of drug-likeness (QED) is 0.410. The van der Waals surface area contributed by atoms with E-state index >= 15 is 0 Å². The van der Waals surface area contributed by atoms with E-state index in [1.54, 1.807) is 7.11 Å². The van der Waals surface area contributed by atoms with E-state index in [4.69, 9.17) is 30.1 Å². The SMILES string of the molecule is COc1ccc(C2CCN(CCC(N)CCCCB(O)O)CC2)cc1.O=C=O. The van der Waals surface area contributed by atoms with Crippen molar-refractivity contribution in [1.29, 1.82) is 0 Å². The predicted octanol–water partition coefficient (Wildman–Crippen LogP) is 1.65. The van der Waals surface area contributed by atoms with Crippen molar-refractivity contribution < 1.29 is 24.4 Å². The summed E-state index contributed by atoms with van der Waals surface area (Å²) in [6.07, 6.45) is 6.90. The molecule has 0 spiro atoms. The fraction of sp³-hybridized carbons (Fsp3) is 0.650. The largest absolute Gasteiger partial charge is 0.497 e. The maximum Gasteiger partial charge on any atom is 0.451 e. The van der Waals surface area contributed by atoms with Crippen molar-refractivity contribution in [1.82, 2.24) is 4.90 Å². The first-order valence-electron chi connectivity index (χ1n) is 9.97. The summed E-state index contributed by atoms with van der Waals surface area (Å²) in [6, 6.07) is 8.71. The molecule has 28 heavy (non-hydrogen) atoms. The summed E-state index contributed by atoms with van der Waals surface area (Å²) >= 11 is 0. The summed E-state index contributed by atoms with van der Waals surface area (Å²) in [5.74, 6) is 1.57. The number of carbonyl (C=O) groups excluding carboxylic acids is 2. The number of piperidine rings is 1. The topological polar surface area (TPSA) is 113 Å². The first kappa shape index (κ1) is 24.3. The Morgan fingerprint density at radius 1 is 1.18 bits per heavy atom. The molecule has 8 heteroatoms. The van der Waals surface area contributed by atoms with Crippen molar-refractivity contribution in [3.05, 3.63) is 29.8 Å². The van der Waals surface area contributed by atoms with Crippen LogP contribution in [0.15, 0.2) is 24.3 Å². The Hall–Kier alpha value is -1.70. The van der Waals surface area contributed by atoms with Crippen LogP contribution in [0, 0.1) is 0 Å². The number of nitrogens with zero attached hydrogens (tertiary/aromatic N) is 1. The number of ether oxygens (including phenoxy) is 1. The molecular formula is C20H33BN2O5. The number of unbranched alkanes of at least 4 members (excludes halogenated alkanes) is 1.